The first kappa shape index (κ1) is 17.4. The van der Waals surface area contributed by atoms with E-state index in [1.165, 1.54) is 11.3 Å². The molecule has 0 radical (unpaired) electrons. The van der Waals surface area contributed by atoms with Gasteiger partial charge in [0.2, 0.25) is 11.8 Å². The van der Waals surface area contributed by atoms with Gasteiger partial charge in [0.1, 0.15) is 5.76 Å². The number of hydrazine groups is 1. The molecule has 2 N–H and O–H groups in total. The molecule has 0 fully saturated rings. The van der Waals surface area contributed by atoms with E-state index < -0.39 is 5.91 Å². The third kappa shape index (κ3) is 4.15. The molecule has 0 aliphatic heterocycles. The summed E-state index contributed by atoms with van der Waals surface area (Å²) in [7, 11) is 0. The Kier molecular flexibility index (Phi) is 5.30. The van der Waals surface area contributed by atoms with Crippen molar-refractivity contribution in [2.24, 2.45) is 0 Å². The van der Waals surface area contributed by atoms with Gasteiger partial charge < -0.3 is 4.42 Å². The van der Waals surface area contributed by atoms with Crippen LogP contribution >= 0.6 is 27.3 Å². The van der Waals surface area contributed by atoms with Crippen LogP contribution in [-0.4, -0.2) is 16.8 Å². The third-order valence-corrected chi connectivity index (χ3v) is 4.94. The summed E-state index contributed by atoms with van der Waals surface area (Å²) in [5.41, 5.74) is 5.75. The molecule has 128 valence electrons. The Morgan fingerprint density at radius 1 is 1.20 bits per heavy atom. The van der Waals surface area contributed by atoms with Crippen LogP contribution in [0.3, 0.4) is 0 Å². The van der Waals surface area contributed by atoms with Crippen molar-refractivity contribution in [3.63, 3.8) is 0 Å². The number of aryl methyl sites for hydroxylation is 1. The molecule has 25 heavy (non-hydrogen) atoms. The van der Waals surface area contributed by atoms with E-state index in [0.29, 0.717) is 27.4 Å². The van der Waals surface area contributed by atoms with Crippen molar-refractivity contribution in [1.29, 1.82) is 0 Å². The summed E-state index contributed by atoms with van der Waals surface area (Å²) >= 11 is 4.81. The zero-order valence-electron chi connectivity index (χ0n) is 13.2. The topological polar surface area (TPSA) is 84.2 Å². The van der Waals surface area contributed by atoms with Gasteiger partial charge in [-0.1, -0.05) is 18.2 Å². The average molecular weight is 420 g/mol. The molecule has 0 bridgehead atoms. The summed E-state index contributed by atoms with van der Waals surface area (Å²) in [4.78, 5) is 29.4. The second-order valence-electron chi connectivity index (χ2n) is 5.16. The smallest absolute Gasteiger partial charge is 0.270 e. The van der Waals surface area contributed by atoms with E-state index >= 15 is 0 Å². The van der Waals surface area contributed by atoms with Crippen LogP contribution in [0.5, 0.6) is 0 Å². The number of benzene rings is 1. The summed E-state index contributed by atoms with van der Waals surface area (Å²) in [5.74, 6) is 0.287. The standard InChI is InChI=1S/C17H14BrN3O3S/c1-10-13(19-17(24-10)14-7-4-8-25-14)9-15(22)20-21-16(23)11-5-2-3-6-12(11)18/h2-8H,9H2,1H3,(H,20,22)(H,21,23). The van der Waals surface area contributed by atoms with E-state index in [-0.39, 0.29) is 12.3 Å². The molecule has 0 unspecified atom stereocenters. The van der Waals surface area contributed by atoms with Crippen LogP contribution in [0.2, 0.25) is 0 Å². The van der Waals surface area contributed by atoms with Gasteiger partial charge in [0.25, 0.3) is 5.91 Å². The normalized spacial score (nSPS) is 10.5. The average Bonchev–Trinajstić information content (AvgIpc) is 3.23. The zero-order valence-corrected chi connectivity index (χ0v) is 15.6. The van der Waals surface area contributed by atoms with Gasteiger partial charge in [0.15, 0.2) is 0 Å². The Morgan fingerprint density at radius 3 is 2.72 bits per heavy atom. The van der Waals surface area contributed by atoms with Gasteiger partial charge in [0, 0.05) is 4.47 Å². The number of halogens is 1. The van der Waals surface area contributed by atoms with E-state index in [9.17, 15) is 9.59 Å². The van der Waals surface area contributed by atoms with Crippen molar-refractivity contribution in [2.75, 3.05) is 0 Å². The minimum Gasteiger partial charge on any atom is -0.440 e. The number of amides is 2. The summed E-state index contributed by atoms with van der Waals surface area (Å²) in [6, 6.07) is 10.8. The van der Waals surface area contributed by atoms with E-state index in [1.54, 1.807) is 31.2 Å². The second-order valence-corrected chi connectivity index (χ2v) is 6.96. The van der Waals surface area contributed by atoms with E-state index in [2.05, 4.69) is 31.8 Å². The molecule has 2 amide bonds. The predicted octanol–water partition coefficient (Wildman–Crippen LogP) is 3.48. The van der Waals surface area contributed by atoms with E-state index in [0.717, 1.165) is 4.88 Å². The quantitative estimate of drug-likeness (QED) is 0.633. The number of hydrogen-bond donors (Lipinski definition) is 2. The fraction of sp³-hybridized carbons (Fsp3) is 0.118. The third-order valence-electron chi connectivity index (χ3n) is 3.39. The van der Waals surface area contributed by atoms with E-state index in [4.69, 9.17) is 4.42 Å². The molecule has 1 aromatic carbocycles. The van der Waals surface area contributed by atoms with Crippen LogP contribution in [0.15, 0.2) is 50.7 Å². The molecule has 3 rings (SSSR count). The summed E-state index contributed by atoms with van der Waals surface area (Å²) in [5, 5.41) is 1.93. The van der Waals surface area contributed by atoms with Gasteiger partial charge in [0.05, 0.1) is 22.6 Å². The minimum atomic E-state index is -0.406. The van der Waals surface area contributed by atoms with Crippen molar-refractivity contribution < 1.29 is 14.0 Å². The number of oxazole rings is 1. The Balaban J connectivity index is 1.60. The first-order valence-corrected chi connectivity index (χ1v) is 9.05. The number of nitrogens with zero attached hydrogens (tertiary/aromatic N) is 1. The number of rotatable bonds is 4. The molecule has 0 aliphatic rings. The van der Waals surface area contributed by atoms with Gasteiger partial charge in [-0.2, -0.15) is 0 Å². The first-order chi connectivity index (χ1) is 12.0. The van der Waals surface area contributed by atoms with Gasteiger partial charge in [-0.25, -0.2) is 4.98 Å². The number of nitrogens with one attached hydrogen (secondary N) is 2. The van der Waals surface area contributed by atoms with Gasteiger partial charge in [-0.3, -0.25) is 20.4 Å². The fourth-order valence-corrected chi connectivity index (χ4v) is 3.25. The highest BCUT2D eigenvalue weighted by Gasteiger charge is 2.16. The maximum Gasteiger partial charge on any atom is 0.270 e. The number of aromatic nitrogens is 1. The Bertz CT molecular complexity index is 906. The molecule has 2 aromatic heterocycles. The van der Waals surface area contributed by atoms with Crippen molar-refractivity contribution >= 4 is 39.1 Å². The van der Waals surface area contributed by atoms with E-state index in [1.807, 2.05) is 17.5 Å². The molecule has 2 heterocycles. The molecular weight excluding hydrogens is 406 g/mol. The number of carbonyl (C=O) groups is 2. The highest BCUT2D eigenvalue weighted by molar-refractivity contribution is 9.10. The molecule has 8 heteroatoms. The Morgan fingerprint density at radius 2 is 2.00 bits per heavy atom. The molecule has 6 nitrogen and oxygen atoms in total. The lowest BCUT2D eigenvalue weighted by atomic mass is 10.2. The molecule has 0 atom stereocenters. The highest BCUT2D eigenvalue weighted by atomic mass is 79.9. The SMILES string of the molecule is Cc1oc(-c2cccs2)nc1CC(=O)NNC(=O)c1ccccc1Br. The number of thiophene rings is 1. The molecule has 0 saturated carbocycles. The largest absolute Gasteiger partial charge is 0.440 e. The first-order valence-electron chi connectivity index (χ1n) is 7.38. The molecule has 0 saturated heterocycles. The van der Waals surface area contributed by atoms with Crippen LogP contribution in [0.1, 0.15) is 21.8 Å². The van der Waals surface area contributed by atoms with Crippen LogP contribution in [-0.2, 0) is 11.2 Å². The number of hydrogen-bond acceptors (Lipinski definition) is 5. The second kappa shape index (κ2) is 7.62. The van der Waals surface area contributed by atoms with Crippen molar-refractivity contribution in [1.82, 2.24) is 15.8 Å². The highest BCUT2D eigenvalue weighted by Crippen LogP contribution is 2.26. The van der Waals surface area contributed by atoms with Crippen LogP contribution in [0.4, 0.5) is 0 Å². The van der Waals surface area contributed by atoms with Crippen molar-refractivity contribution in [3.8, 4) is 10.8 Å². The number of carbonyl (C=O) groups excluding carboxylic acids is 2. The molecule has 3 aromatic rings. The predicted molar refractivity (Wildman–Crippen MR) is 98.0 cm³/mol. The summed E-state index contributed by atoms with van der Waals surface area (Å²) < 4.78 is 6.24. The Hall–Kier alpha value is -2.45. The van der Waals surface area contributed by atoms with Crippen LogP contribution in [0, 0.1) is 6.92 Å². The fourth-order valence-electron chi connectivity index (χ4n) is 2.13. The van der Waals surface area contributed by atoms with Crippen molar-refractivity contribution in [2.45, 2.75) is 13.3 Å². The maximum absolute atomic E-state index is 12.1. The molecule has 0 aliphatic carbocycles. The van der Waals surface area contributed by atoms with Gasteiger partial charge >= 0.3 is 0 Å². The molecule has 0 spiro atoms. The van der Waals surface area contributed by atoms with Crippen molar-refractivity contribution in [3.05, 3.63) is 63.3 Å². The zero-order chi connectivity index (χ0) is 17.8. The molecular formula is C17H14BrN3O3S. The lowest BCUT2D eigenvalue weighted by Gasteiger charge is -2.07. The summed E-state index contributed by atoms with van der Waals surface area (Å²) in [6.45, 7) is 1.76. The van der Waals surface area contributed by atoms with Gasteiger partial charge in [-0.05, 0) is 46.4 Å². The Labute approximate surface area is 156 Å². The monoisotopic (exact) mass is 419 g/mol. The maximum atomic E-state index is 12.1. The lowest BCUT2D eigenvalue weighted by molar-refractivity contribution is -0.121. The van der Waals surface area contributed by atoms with Crippen LogP contribution < -0.4 is 10.9 Å². The van der Waals surface area contributed by atoms with Gasteiger partial charge in [-0.15, -0.1) is 11.3 Å². The van der Waals surface area contributed by atoms with Crippen LogP contribution in [0.25, 0.3) is 10.8 Å². The lowest BCUT2D eigenvalue weighted by Crippen LogP contribution is -2.42. The minimum absolute atomic E-state index is 0.0109. The summed E-state index contributed by atoms with van der Waals surface area (Å²) in [6.07, 6.45) is 0.0109.